The molecule has 1 atom stereocenters. The standard InChI is InChI=1S/C13H15F3N2O/c1-8(12(19)18-9-6-7-9)17-11-5-3-2-4-10(11)13(14,15)16/h2-5,8-9,17H,6-7H2,1H3,(H,18,19). The zero-order chi connectivity index (χ0) is 14.0. The Balaban J connectivity index is 2.07. The summed E-state index contributed by atoms with van der Waals surface area (Å²) in [5.41, 5.74) is -0.838. The summed E-state index contributed by atoms with van der Waals surface area (Å²) in [5, 5.41) is 5.37. The summed E-state index contributed by atoms with van der Waals surface area (Å²) in [6.07, 6.45) is -2.55. The second-order valence-electron chi connectivity index (χ2n) is 4.69. The summed E-state index contributed by atoms with van der Waals surface area (Å²) in [7, 11) is 0. The number of benzene rings is 1. The number of hydrogen-bond acceptors (Lipinski definition) is 2. The first-order valence-electron chi connectivity index (χ1n) is 6.11. The van der Waals surface area contributed by atoms with Gasteiger partial charge in [-0.25, -0.2) is 0 Å². The molecule has 1 aromatic rings. The molecular weight excluding hydrogens is 257 g/mol. The molecule has 0 aromatic heterocycles. The highest BCUT2D eigenvalue weighted by molar-refractivity contribution is 5.84. The van der Waals surface area contributed by atoms with Gasteiger partial charge in [0.1, 0.15) is 6.04 Å². The highest BCUT2D eigenvalue weighted by atomic mass is 19.4. The van der Waals surface area contributed by atoms with Crippen LogP contribution in [0.25, 0.3) is 0 Å². The first-order chi connectivity index (χ1) is 8.88. The number of carbonyl (C=O) groups excluding carboxylic acids is 1. The lowest BCUT2D eigenvalue weighted by atomic mass is 10.1. The molecule has 0 aliphatic heterocycles. The molecule has 1 aliphatic carbocycles. The molecule has 104 valence electrons. The Morgan fingerprint density at radius 3 is 2.53 bits per heavy atom. The number of rotatable bonds is 4. The summed E-state index contributed by atoms with van der Waals surface area (Å²) in [4.78, 5) is 11.7. The molecule has 2 N–H and O–H groups in total. The minimum atomic E-state index is -4.43. The van der Waals surface area contributed by atoms with Crippen LogP contribution in [-0.2, 0) is 11.0 Å². The van der Waals surface area contributed by atoms with E-state index in [2.05, 4.69) is 10.6 Å². The lowest BCUT2D eigenvalue weighted by Crippen LogP contribution is -2.39. The van der Waals surface area contributed by atoms with Crippen molar-refractivity contribution in [2.75, 3.05) is 5.32 Å². The van der Waals surface area contributed by atoms with Gasteiger partial charge >= 0.3 is 6.18 Å². The van der Waals surface area contributed by atoms with Crippen LogP contribution in [0.1, 0.15) is 25.3 Å². The molecule has 6 heteroatoms. The summed E-state index contributed by atoms with van der Waals surface area (Å²) in [5.74, 6) is -0.278. The van der Waals surface area contributed by atoms with Crippen LogP contribution in [0.3, 0.4) is 0 Å². The molecular formula is C13H15F3N2O. The Kier molecular flexibility index (Phi) is 3.68. The Labute approximate surface area is 109 Å². The molecule has 0 saturated heterocycles. The van der Waals surface area contributed by atoms with Crippen molar-refractivity contribution in [3.05, 3.63) is 29.8 Å². The fourth-order valence-electron chi connectivity index (χ4n) is 1.71. The highest BCUT2D eigenvalue weighted by Gasteiger charge is 2.34. The number of carbonyl (C=O) groups is 1. The smallest absolute Gasteiger partial charge is 0.373 e. The number of alkyl halides is 3. The van der Waals surface area contributed by atoms with Crippen molar-refractivity contribution in [1.82, 2.24) is 5.32 Å². The molecule has 1 aromatic carbocycles. The normalized spacial score (nSPS) is 16.8. The maximum absolute atomic E-state index is 12.8. The van der Waals surface area contributed by atoms with Gasteiger partial charge in [-0.05, 0) is 31.9 Å². The van der Waals surface area contributed by atoms with Crippen molar-refractivity contribution in [3.8, 4) is 0 Å². The average Bonchev–Trinajstić information content (AvgIpc) is 3.12. The van der Waals surface area contributed by atoms with Gasteiger partial charge in [0.15, 0.2) is 0 Å². The molecule has 0 spiro atoms. The monoisotopic (exact) mass is 272 g/mol. The molecule has 0 bridgehead atoms. The second-order valence-corrected chi connectivity index (χ2v) is 4.69. The lowest BCUT2D eigenvalue weighted by Gasteiger charge is -2.18. The first kappa shape index (κ1) is 13.7. The Bertz CT molecular complexity index is 469. The lowest BCUT2D eigenvalue weighted by molar-refractivity contribution is -0.137. The van der Waals surface area contributed by atoms with Crippen molar-refractivity contribution in [1.29, 1.82) is 0 Å². The summed E-state index contributed by atoms with van der Waals surface area (Å²) >= 11 is 0. The fourth-order valence-corrected chi connectivity index (χ4v) is 1.71. The summed E-state index contributed by atoms with van der Waals surface area (Å²) in [6.45, 7) is 1.55. The quantitative estimate of drug-likeness (QED) is 0.885. The molecule has 3 nitrogen and oxygen atoms in total. The second kappa shape index (κ2) is 5.11. The van der Waals surface area contributed by atoms with Crippen molar-refractivity contribution >= 4 is 11.6 Å². The van der Waals surface area contributed by atoms with Crippen LogP contribution in [0.15, 0.2) is 24.3 Å². The van der Waals surface area contributed by atoms with Crippen molar-refractivity contribution in [3.63, 3.8) is 0 Å². The van der Waals surface area contributed by atoms with E-state index in [1.165, 1.54) is 18.2 Å². The molecule has 1 fully saturated rings. The fraction of sp³-hybridized carbons (Fsp3) is 0.462. The number of para-hydroxylation sites is 1. The third-order valence-corrected chi connectivity index (χ3v) is 2.92. The molecule has 1 amide bonds. The van der Waals surface area contributed by atoms with Crippen LogP contribution in [0.2, 0.25) is 0 Å². The predicted molar refractivity (Wildman–Crippen MR) is 65.7 cm³/mol. The van der Waals surface area contributed by atoms with Gasteiger partial charge < -0.3 is 10.6 Å². The van der Waals surface area contributed by atoms with Gasteiger partial charge in [0.05, 0.1) is 5.56 Å². The third kappa shape index (κ3) is 3.62. The van der Waals surface area contributed by atoms with Gasteiger partial charge in [-0.3, -0.25) is 4.79 Å². The topological polar surface area (TPSA) is 41.1 Å². The average molecular weight is 272 g/mol. The van der Waals surface area contributed by atoms with Crippen LogP contribution in [-0.4, -0.2) is 18.0 Å². The maximum atomic E-state index is 12.8. The Morgan fingerprint density at radius 1 is 1.32 bits per heavy atom. The third-order valence-electron chi connectivity index (χ3n) is 2.92. The molecule has 0 heterocycles. The predicted octanol–water partition coefficient (Wildman–Crippen LogP) is 2.78. The van der Waals surface area contributed by atoms with Gasteiger partial charge in [-0.15, -0.1) is 0 Å². The van der Waals surface area contributed by atoms with Crippen molar-refractivity contribution < 1.29 is 18.0 Å². The highest BCUT2D eigenvalue weighted by Crippen LogP contribution is 2.34. The zero-order valence-corrected chi connectivity index (χ0v) is 10.4. The number of halogens is 3. The van der Waals surface area contributed by atoms with Gasteiger partial charge in [0.25, 0.3) is 0 Å². The van der Waals surface area contributed by atoms with Crippen LogP contribution < -0.4 is 10.6 Å². The number of amides is 1. The van der Waals surface area contributed by atoms with E-state index in [1.807, 2.05) is 0 Å². The van der Waals surface area contributed by atoms with E-state index < -0.39 is 17.8 Å². The van der Waals surface area contributed by atoms with Crippen LogP contribution in [0.5, 0.6) is 0 Å². The van der Waals surface area contributed by atoms with Gasteiger partial charge in [-0.2, -0.15) is 13.2 Å². The van der Waals surface area contributed by atoms with Crippen molar-refractivity contribution in [2.24, 2.45) is 0 Å². The van der Waals surface area contributed by atoms with Crippen molar-refractivity contribution in [2.45, 2.75) is 38.0 Å². The van der Waals surface area contributed by atoms with E-state index in [-0.39, 0.29) is 17.6 Å². The molecule has 0 radical (unpaired) electrons. The SMILES string of the molecule is CC(Nc1ccccc1C(F)(F)F)C(=O)NC1CC1. The Morgan fingerprint density at radius 2 is 1.95 bits per heavy atom. The number of anilines is 1. The number of nitrogens with one attached hydrogen (secondary N) is 2. The molecule has 1 unspecified atom stereocenters. The van der Waals surface area contributed by atoms with E-state index in [1.54, 1.807) is 6.92 Å². The summed E-state index contributed by atoms with van der Waals surface area (Å²) < 4.78 is 38.3. The van der Waals surface area contributed by atoms with E-state index in [4.69, 9.17) is 0 Å². The summed E-state index contributed by atoms with van der Waals surface area (Å²) in [6, 6.07) is 4.63. The first-order valence-corrected chi connectivity index (χ1v) is 6.11. The zero-order valence-electron chi connectivity index (χ0n) is 10.4. The van der Waals surface area contributed by atoms with E-state index in [0.717, 1.165) is 18.9 Å². The minimum absolute atomic E-state index is 0.0755. The number of hydrogen-bond donors (Lipinski definition) is 2. The molecule has 19 heavy (non-hydrogen) atoms. The Hall–Kier alpha value is -1.72. The van der Waals surface area contributed by atoms with E-state index in [0.29, 0.717) is 0 Å². The largest absolute Gasteiger partial charge is 0.418 e. The van der Waals surface area contributed by atoms with E-state index in [9.17, 15) is 18.0 Å². The van der Waals surface area contributed by atoms with Gasteiger partial charge in [0.2, 0.25) is 5.91 Å². The van der Waals surface area contributed by atoms with Gasteiger partial charge in [0, 0.05) is 11.7 Å². The molecule has 2 rings (SSSR count). The maximum Gasteiger partial charge on any atom is 0.418 e. The molecule has 1 saturated carbocycles. The molecule has 1 aliphatic rings. The minimum Gasteiger partial charge on any atom is -0.373 e. The van der Waals surface area contributed by atoms with Crippen LogP contribution >= 0.6 is 0 Å². The van der Waals surface area contributed by atoms with Gasteiger partial charge in [-0.1, -0.05) is 12.1 Å². The van der Waals surface area contributed by atoms with E-state index >= 15 is 0 Å². The van der Waals surface area contributed by atoms with Crippen LogP contribution in [0.4, 0.5) is 18.9 Å². The van der Waals surface area contributed by atoms with Crippen LogP contribution in [0, 0.1) is 0 Å².